The van der Waals surface area contributed by atoms with Crippen LogP contribution in [0.3, 0.4) is 0 Å². The third-order valence-electron chi connectivity index (χ3n) is 5.13. The van der Waals surface area contributed by atoms with Gasteiger partial charge in [-0.3, -0.25) is 0 Å². The van der Waals surface area contributed by atoms with Crippen LogP contribution in [0.4, 0.5) is 0 Å². The fraction of sp³-hybridized carbons (Fsp3) is 0.182. The largest absolute Gasteiger partial charge is 0.343 e. The summed E-state index contributed by atoms with van der Waals surface area (Å²) in [6.07, 6.45) is 2.35. The molecule has 0 radical (unpaired) electrons. The molecule has 0 aliphatic heterocycles. The van der Waals surface area contributed by atoms with Gasteiger partial charge in [-0.05, 0) is 24.1 Å². The Labute approximate surface area is 145 Å². The monoisotopic (exact) mass is 329 g/mol. The predicted molar refractivity (Wildman–Crippen MR) is 107 cm³/mol. The first-order chi connectivity index (χ1) is 11.8. The molecule has 0 fully saturated rings. The van der Waals surface area contributed by atoms with Gasteiger partial charge in [0, 0.05) is 43.5 Å². The van der Waals surface area contributed by atoms with Crippen LogP contribution in [0.1, 0.15) is 18.9 Å². The number of aryl methyl sites for hydroxylation is 2. The summed E-state index contributed by atoms with van der Waals surface area (Å²) >= 11 is 1.95. The third-order valence-corrected chi connectivity index (χ3v) is 6.37. The summed E-state index contributed by atoms with van der Waals surface area (Å²) in [5.74, 6) is 0. The Morgan fingerprint density at radius 1 is 0.875 bits per heavy atom. The van der Waals surface area contributed by atoms with Crippen molar-refractivity contribution in [2.45, 2.75) is 19.8 Å². The molecule has 5 aromatic rings. The standard InChI is InChI=1S/C22H19NS/c1-3-7-14-8-6-10-17-20-19(24-22(14)17)13-12-16-15-9-4-5-11-18(15)23(2)21(16)20/h4-6,8-13H,3,7H2,1-2H3. The topological polar surface area (TPSA) is 4.93 Å². The first-order valence-corrected chi connectivity index (χ1v) is 9.41. The highest BCUT2D eigenvalue weighted by molar-refractivity contribution is 7.26. The van der Waals surface area contributed by atoms with E-state index in [4.69, 9.17) is 0 Å². The third kappa shape index (κ3) is 1.75. The van der Waals surface area contributed by atoms with Gasteiger partial charge in [0.25, 0.3) is 0 Å². The lowest BCUT2D eigenvalue weighted by atomic mass is 10.0. The van der Waals surface area contributed by atoms with E-state index >= 15 is 0 Å². The van der Waals surface area contributed by atoms with Crippen LogP contribution in [-0.2, 0) is 13.5 Å². The molecular formula is C22H19NS. The van der Waals surface area contributed by atoms with Crippen molar-refractivity contribution in [1.29, 1.82) is 0 Å². The van der Waals surface area contributed by atoms with Crippen LogP contribution in [0, 0.1) is 0 Å². The SMILES string of the molecule is CCCc1cccc2c1sc1ccc3c4ccccc4n(C)c3c12. The molecule has 0 unspecified atom stereocenters. The lowest BCUT2D eigenvalue weighted by molar-refractivity contribution is 0.931. The van der Waals surface area contributed by atoms with E-state index in [1.807, 2.05) is 11.3 Å². The number of hydrogen-bond acceptors (Lipinski definition) is 1. The van der Waals surface area contributed by atoms with Crippen LogP contribution in [0.5, 0.6) is 0 Å². The van der Waals surface area contributed by atoms with E-state index in [-0.39, 0.29) is 0 Å². The van der Waals surface area contributed by atoms with Crippen molar-refractivity contribution in [3.63, 3.8) is 0 Å². The highest BCUT2D eigenvalue weighted by Crippen LogP contribution is 2.42. The molecule has 0 aliphatic carbocycles. The molecule has 0 spiro atoms. The van der Waals surface area contributed by atoms with Gasteiger partial charge in [0.1, 0.15) is 0 Å². The quantitative estimate of drug-likeness (QED) is 0.341. The number of thiophene rings is 1. The molecular weight excluding hydrogens is 310 g/mol. The van der Waals surface area contributed by atoms with Crippen molar-refractivity contribution in [1.82, 2.24) is 4.57 Å². The zero-order chi connectivity index (χ0) is 16.3. The van der Waals surface area contributed by atoms with E-state index in [1.54, 1.807) is 0 Å². The molecule has 2 aromatic heterocycles. The van der Waals surface area contributed by atoms with E-state index in [0.29, 0.717) is 0 Å². The molecule has 0 saturated carbocycles. The normalized spacial score (nSPS) is 12.1. The highest BCUT2D eigenvalue weighted by atomic mass is 32.1. The maximum atomic E-state index is 2.37. The number of nitrogens with zero attached hydrogens (tertiary/aromatic N) is 1. The van der Waals surface area contributed by atoms with E-state index < -0.39 is 0 Å². The fourth-order valence-electron chi connectivity index (χ4n) is 4.08. The van der Waals surface area contributed by atoms with Crippen LogP contribution in [0.25, 0.3) is 42.0 Å². The van der Waals surface area contributed by atoms with Crippen molar-refractivity contribution >= 4 is 53.3 Å². The average Bonchev–Trinajstić information content (AvgIpc) is 3.13. The maximum Gasteiger partial charge on any atom is 0.0583 e. The van der Waals surface area contributed by atoms with Crippen LogP contribution >= 0.6 is 11.3 Å². The van der Waals surface area contributed by atoms with E-state index in [1.165, 1.54) is 54.0 Å². The van der Waals surface area contributed by atoms with E-state index in [9.17, 15) is 0 Å². The summed E-state index contributed by atoms with van der Waals surface area (Å²) in [5, 5.41) is 5.55. The molecule has 0 atom stereocenters. The van der Waals surface area contributed by atoms with Gasteiger partial charge < -0.3 is 4.57 Å². The minimum atomic E-state index is 1.16. The molecule has 118 valence electrons. The second kappa shape index (κ2) is 5.09. The Bertz CT molecular complexity index is 1220. The smallest absolute Gasteiger partial charge is 0.0583 e. The van der Waals surface area contributed by atoms with Gasteiger partial charge in [-0.25, -0.2) is 0 Å². The summed E-state index contributed by atoms with van der Waals surface area (Å²) in [6.45, 7) is 2.26. The lowest BCUT2D eigenvalue weighted by Crippen LogP contribution is -1.87. The van der Waals surface area contributed by atoms with Gasteiger partial charge in [-0.15, -0.1) is 11.3 Å². The number of benzene rings is 3. The van der Waals surface area contributed by atoms with Gasteiger partial charge in [-0.1, -0.05) is 55.8 Å². The zero-order valence-electron chi connectivity index (χ0n) is 14.0. The Balaban J connectivity index is 2.04. The van der Waals surface area contributed by atoms with Crippen molar-refractivity contribution in [3.8, 4) is 0 Å². The van der Waals surface area contributed by atoms with Crippen molar-refractivity contribution in [2.24, 2.45) is 7.05 Å². The number of hydrogen-bond donors (Lipinski definition) is 0. The van der Waals surface area contributed by atoms with Gasteiger partial charge in [0.2, 0.25) is 0 Å². The highest BCUT2D eigenvalue weighted by Gasteiger charge is 2.15. The molecule has 2 heterocycles. The second-order valence-electron chi connectivity index (χ2n) is 6.56. The molecule has 1 nitrogen and oxygen atoms in total. The molecule has 0 aliphatic rings. The summed E-state index contributed by atoms with van der Waals surface area (Å²) in [7, 11) is 2.20. The van der Waals surface area contributed by atoms with Gasteiger partial charge >= 0.3 is 0 Å². The minimum Gasteiger partial charge on any atom is -0.343 e. The molecule has 0 saturated heterocycles. The number of fused-ring (bicyclic) bond motifs is 7. The summed E-state index contributed by atoms with van der Waals surface area (Å²) in [6, 6.07) is 20.1. The Kier molecular flexibility index (Phi) is 2.98. The molecule has 2 heteroatoms. The molecule has 0 bridgehead atoms. The van der Waals surface area contributed by atoms with Crippen LogP contribution in [0.2, 0.25) is 0 Å². The molecule has 24 heavy (non-hydrogen) atoms. The number of aromatic nitrogens is 1. The Morgan fingerprint density at radius 3 is 2.58 bits per heavy atom. The second-order valence-corrected chi connectivity index (χ2v) is 7.61. The zero-order valence-corrected chi connectivity index (χ0v) is 14.8. The molecule has 0 N–H and O–H groups in total. The molecule has 0 amide bonds. The van der Waals surface area contributed by atoms with E-state index in [0.717, 1.165) is 6.42 Å². The Morgan fingerprint density at radius 2 is 1.71 bits per heavy atom. The minimum absolute atomic E-state index is 1.16. The summed E-state index contributed by atoms with van der Waals surface area (Å²) < 4.78 is 5.23. The van der Waals surface area contributed by atoms with Crippen molar-refractivity contribution in [3.05, 3.63) is 60.2 Å². The van der Waals surface area contributed by atoms with Crippen LogP contribution < -0.4 is 0 Å². The van der Waals surface area contributed by atoms with Crippen molar-refractivity contribution in [2.75, 3.05) is 0 Å². The first-order valence-electron chi connectivity index (χ1n) is 8.60. The summed E-state index contributed by atoms with van der Waals surface area (Å²) in [5.41, 5.74) is 4.17. The van der Waals surface area contributed by atoms with Crippen LogP contribution in [0.15, 0.2) is 54.6 Å². The Hall–Kier alpha value is -2.32. The number of para-hydroxylation sites is 1. The van der Waals surface area contributed by atoms with Gasteiger partial charge in [0.15, 0.2) is 0 Å². The van der Waals surface area contributed by atoms with E-state index in [2.05, 4.69) is 73.1 Å². The predicted octanol–water partition coefficient (Wildman–Crippen LogP) is 6.65. The van der Waals surface area contributed by atoms with Gasteiger partial charge in [-0.2, -0.15) is 0 Å². The molecule has 3 aromatic carbocycles. The van der Waals surface area contributed by atoms with Gasteiger partial charge in [0.05, 0.1) is 5.52 Å². The number of rotatable bonds is 2. The molecule has 5 rings (SSSR count). The lowest BCUT2D eigenvalue weighted by Gasteiger charge is -2.02. The van der Waals surface area contributed by atoms with Crippen molar-refractivity contribution < 1.29 is 0 Å². The first kappa shape index (κ1) is 14.1. The fourth-order valence-corrected chi connectivity index (χ4v) is 5.32. The average molecular weight is 329 g/mol. The van der Waals surface area contributed by atoms with Crippen LogP contribution in [-0.4, -0.2) is 4.57 Å². The maximum absolute atomic E-state index is 2.37. The summed E-state index contributed by atoms with van der Waals surface area (Å²) in [4.78, 5) is 0.